The number of rotatable bonds is 4. The van der Waals surface area contributed by atoms with Gasteiger partial charge >= 0.3 is 0 Å². The number of halogens is 1. The van der Waals surface area contributed by atoms with Crippen LogP contribution in [0.5, 0.6) is 0 Å². The number of nitrogens with zero attached hydrogens (tertiary/aromatic N) is 1. The van der Waals surface area contributed by atoms with E-state index in [1.165, 1.54) is 4.31 Å². The van der Waals surface area contributed by atoms with E-state index in [2.05, 4.69) is 5.32 Å². The summed E-state index contributed by atoms with van der Waals surface area (Å²) in [6, 6.07) is 6.89. The molecule has 0 atom stereocenters. The molecular weight excluding hydrogens is 366 g/mol. The van der Waals surface area contributed by atoms with Crippen LogP contribution >= 0.6 is 12.4 Å². The topological polar surface area (TPSA) is 102 Å². The van der Waals surface area contributed by atoms with Gasteiger partial charge in [0.2, 0.25) is 15.9 Å². The van der Waals surface area contributed by atoms with E-state index in [1.54, 1.807) is 24.3 Å². The maximum absolute atomic E-state index is 12.6. The Morgan fingerprint density at radius 2 is 1.88 bits per heavy atom. The number of anilines is 2. The van der Waals surface area contributed by atoms with Gasteiger partial charge in [0, 0.05) is 32.0 Å². The maximum atomic E-state index is 12.6. The number of hydrogen-bond donors (Lipinski definition) is 2. The second-order valence-corrected chi connectivity index (χ2v) is 8.35. The minimum absolute atomic E-state index is 0. The van der Waals surface area contributed by atoms with E-state index >= 15 is 0 Å². The highest BCUT2D eigenvalue weighted by molar-refractivity contribution is 7.93. The third-order valence-corrected chi connectivity index (χ3v) is 6.70. The SMILES string of the molecule is Cl.NCC1(C(=O)Nc2ccc(N3CCCS3(=O)=O)cc2)CCOCC1. The minimum Gasteiger partial charge on any atom is -0.381 e. The molecule has 1 aromatic rings. The van der Waals surface area contributed by atoms with Crippen LogP contribution in [0.1, 0.15) is 19.3 Å². The molecule has 25 heavy (non-hydrogen) atoms. The van der Waals surface area contributed by atoms with Crippen LogP contribution in [0.4, 0.5) is 11.4 Å². The molecule has 7 nitrogen and oxygen atoms in total. The summed E-state index contributed by atoms with van der Waals surface area (Å²) in [5, 5.41) is 2.90. The van der Waals surface area contributed by atoms with E-state index in [0.29, 0.717) is 50.4 Å². The average molecular weight is 390 g/mol. The number of hydrogen-bond acceptors (Lipinski definition) is 5. The Labute approximate surface area is 154 Å². The van der Waals surface area contributed by atoms with Crippen molar-refractivity contribution in [2.45, 2.75) is 19.3 Å². The average Bonchev–Trinajstić information content (AvgIpc) is 2.95. The van der Waals surface area contributed by atoms with Gasteiger partial charge in [-0.25, -0.2) is 8.42 Å². The molecule has 3 rings (SSSR count). The lowest BCUT2D eigenvalue weighted by molar-refractivity contribution is -0.130. The van der Waals surface area contributed by atoms with Crippen molar-refractivity contribution in [3.63, 3.8) is 0 Å². The molecule has 0 saturated carbocycles. The van der Waals surface area contributed by atoms with Crippen LogP contribution in [-0.2, 0) is 19.6 Å². The van der Waals surface area contributed by atoms with E-state index in [4.69, 9.17) is 10.5 Å². The van der Waals surface area contributed by atoms with Crippen LogP contribution in [-0.4, -0.2) is 46.4 Å². The zero-order chi connectivity index (χ0) is 17.2. The molecule has 0 spiro atoms. The molecule has 2 aliphatic rings. The first-order chi connectivity index (χ1) is 11.5. The van der Waals surface area contributed by atoms with Crippen LogP contribution in [0.25, 0.3) is 0 Å². The third-order valence-electron chi connectivity index (χ3n) is 4.83. The fraction of sp³-hybridized carbons (Fsp3) is 0.562. The number of ether oxygens (including phenoxy) is 1. The second kappa shape index (κ2) is 7.90. The van der Waals surface area contributed by atoms with Crippen LogP contribution in [0.15, 0.2) is 24.3 Å². The lowest BCUT2D eigenvalue weighted by Gasteiger charge is -2.34. The van der Waals surface area contributed by atoms with Crippen molar-refractivity contribution < 1.29 is 17.9 Å². The van der Waals surface area contributed by atoms with Gasteiger partial charge in [0.05, 0.1) is 16.9 Å². The molecule has 140 valence electrons. The fourth-order valence-electron chi connectivity index (χ4n) is 3.19. The summed E-state index contributed by atoms with van der Waals surface area (Å²) in [6.07, 6.45) is 1.86. The lowest BCUT2D eigenvalue weighted by Crippen LogP contribution is -2.46. The second-order valence-electron chi connectivity index (χ2n) is 6.34. The van der Waals surface area contributed by atoms with Gasteiger partial charge in [-0.15, -0.1) is 12.4 Å². The number of benzene rings is 1. The van der Waals surface area contributed by atoms with E-state index in [-0.39, 0.29) is 30.6 Å². The Kier molecular flexibility index (Phi) is 6.31. The van der Waals surface area contributed by atoms with Crippen molar-refractivity contribution >= 4 is 39.7 Å². The van der Waals surface area contributed by atoms with Gasteiger partial charge in [-0.3, -0.25) is 9.10 Å². The molecule has 0 radical (unpaired) electrons. The first-order valence-corrected chi connectivity index (χ1v) is 9.78. The smallest absolute Gasteiger partial charge is 0.235 e. The van der Waals surface area contributed by atoms with Crippen molar-refractivity contribution in [1.82, 2.24) is 0 Å². The van der Waals surface area contributed by atoms with Gasteiger partial charge in [-0.2, -0.15) is 0 Å². The van der Waals surface area contributed by atoms with Crippen LogP contribution in [0, 0.1) is 5.41 Å². The quantitative estimate of drug-likeness (QED) is 0.809. The van der Waals surface area contributed by atoms with Crippen LogP contribution in [0.2, 0.25) is 0 Å². The Morgan fingerprint density at radius 1 is 1.24 bits per heavy atom. The van der Waals surface area contributed by atoms with E-state index in [0.717, 1.165) is 0 Å². The largest absolute Gasteiger partial charge is 0.381 e. The zero-order valence-corrected chi connectivity index (χ0v) is 15.6. The van der Waals surface area contributed by atoms with E-state index in [9.17, 15) is 13.2 Å². The van der Waals surface area contributed by atoms with Crippen molar-refractivity contribution in [3.05, 3.63) is 24.3 Å². The summed E-state index contributed by atoms with van der Waals surface area (Å²) in [7, 11) is -3.19. The number of nitrogens with two attached hydrogens (primary N) is 1. The molecule has 0 unspecified atom stereocenters. The summed E-state index contributed by atoms with van der Waals surface area (Å²) < 4.78 is 30.6. The normalized spacial score (nSPS) is 21.4. The highest BCUT2D eigenvalue weighted by Gasteiger charge is 2.38. The molecule has 0 aliphatic carbocycles. The van der Waals surface area contributed by atoms with E-state index in [1.807, 2.05) is 0 Å². The summed E-state index contributed by atoms with van der Waals surface area (Å²) in [6.45, 7) is 1.86. The first-order valence-electron chi connectivity index (χ1n) is 8.17. The van der Waals surface area contributed by atoms with Gasteiger partial charge in [-0.1, -0.05) is 0 Å². The number of amides is 1. The van der Waals surface area contributed by atoms with Crippen LogP contribution < -0.4 is 15.4 Å². The molecule has 2 aliphatic heterocycles. The Hall–Kier alpha value is -1.35. The van der Waals surface area contributed by atoms with Gasteiger partial charge in [-0.05, 0) is 43.5 Å². The van der Waals surface area contributed by atoms with Gasteiger partial charge < -0.3 is 15.8 Å². The first kappa shape index (κ1) is 20.0. The summed E-state index contributed by atoms with van der Waals surface area (Å²) in [5.74, 6) is 0.0851. The fourth-order valence-corrected chi connectivity index (χ4v) is 4.75. The molecule has 9 heteroatoms. The molecule has 2 heterocycles. The number of carbonyl (C=O) groups excluding carboxylic acids is 1. The van der Waals surface area contributed by atoms with Crippen molar-refractivity contribution in [2.24, 2.45) is 11.1 Å². The number of nitrogens with one attached hydrogen (secondary N) is 1. The molecule has 1 amide bonds. The Bertz CT molecular complexity index is 703. The summed E-state index contributed by atoms with van der Waals surface area (Å²) in [4.78, 5) is 12.6. The monoisotopic (exact) mass is 389 g/mol. The highest BCUT2D eigenvalue weighted by atomic mass is 35.5. The lowest BCUT2D eigenvalue weighted by atomic mass is 9.79. The third kappa shape index (κ3) is 4.08. The van der Waals surface area contributed by atoms with Crippen molar-refractivity contribution in [1.29, 1.82) is 0 Å². The number of carbonyl (C=O) groups is 1. The molecule has 2 fully saturated rings. The standard InChI is InChI=1S/C16H23N3O4S.ClH/c17-12-16(6-9-23-10-7-16)15(20)18-13-2-4-14(5-3-13)19-8-1-11-24(19,21)22;/h2-5H,1,6-12,17H2,(H,18,20);1H. The summed E-state index contributed by atoms with van der Waals surface area (Å²) in [5.41, 5.74) is 6.52. The maximum Gasteiger partial charge on any atom is 0.235 e. The Morgan fingerprint density at radius 3 is 2.40 bits per heavy atom. The summed E-state index contributed by atoms with van der Waals surface area (Å²) >= 11 is 0. The highest BCUT2D eigenvalue weighted by Crippen LogP contribution is 2.31. The van der Waals surface area contributed by atoms with Crippen molar-refractivity contribution in [3.8, 4) is 0 Å². The Balaban J connectivity index is 0.00000225. The minimum atomic E-state index is -3.19. The van der Waals surface area contributed by atoms with Crippen molar-refractivity contribution in [2.75, 3.05) is 41.7 Å². The number of sulfonamides is 1. The van der Waals surface area contributed by atoms with Crippen LogP contribution in [0.3, 0.4) is 0 Å². The van der Waals surface area contributed by atoms with Gasteiger partial charge in [0.25, 0.3) is 0 Å². The zero-order valence-electron chi connectivity index (χ0n) is 13.9. The molecule has 2 saturated heterocycles. The molecule has 3 N–H and O–H groups in total. The predicted octanol–water partition coefficient (Wildman–Crippen LogP) is 1.34. The molecule has 1 aromatic carbocycles. The van der Waals surface area contributed by atoms with E-state index < -0.39 is 15.4 Å². The molecule has 0 aromatic heterocycles. The van der Waals surface area contributed by atoms with Gasteiger partial charge in [0.15, 0.2) is 0 Å². The van der Waals surface area contributed by atoms with Gasteiger partial charge in [0.1, 0.15) is 0 Å². The molecular formula is C16H24ClN3O4S. The predicted molar refractivity (Wildman–Crippen MR) is 99.6 cm³/mol. The molecule has 0 bridgehead atoms.